The molecule has 2 aromatic heterocycles. The molecule has 0 amide bonds. The number of aryl methyl sites for hydroxylation is 2. The van der Waals surface area contributed by atoms with E-state index in [0.717, 1.165) is 6.42 Å². The lowest BCUT2D eigenvalue weighted by atomic mass is 10.1. The lowest BCUT2D eigenvalue weighted by molar-refractivity contribution is -0.140. The van der Waals surface area contributed by atoms with Crippen LogP contribution in [0.2, 0.25) is 0 Å². The van der Waals surface area contributed by atoms with Gasteiger partial charge in [0.05, 0.1) is 12.4 Å². The van der Waals surface area contributed by atoms with Gasteiger partial charge in [-0.1, -0.05) is 25.6 Å². The maximum Gasteiger partial charge on any atom is 0.329 e. The van der Waals surface area contributed by atoms with Crippen molar-refractivity contribution in [1.29, 1.82) is 0 Å². The minimum Gasteiger partial charge on any atom is -0.465 e. The van der Waals surface area contributed by atoms with E-state index in [1.807, 2.05) is 0 Å². The topological polar surface area (TPSA) is 99.0 Å². The molecule has 0 aliphatic carbocycles. The summed E-state index contributed by atoms with van der Waals surface area (Å²) in [6.45, 7) is 4.52. The van der Waals surface area contributed by atoms with Gasteiger partial charge in [0.1, 0.15) is 0 Å². The standard InChI is InChI=1S/C14H20N4O4S/c1-8(2)5-6-22-9(19)7-23-14-15-11-10(17(14)3)12(20)16-13(21)18(11)4/h8H,5-7H2,1-4H3,(H,16,20,21). The quantitative estimate of drug-likeness (QED) is 0.612. The van der Waals surface area contributed by atoms with Gasteiger partial charge in [-0.25, -0.2) is 9.78 Å². The minimum absolute atomic E-state index is 0.0983. The fourth-order valence-electron chi connectivity index (χ4n) is 1.99. The van der Waals surface area contributed by atoms with Crippen LogP contribution in [-0.2, 0) is 23.6 Å². The molecule has 0 bridgehead atoms. The third kappa shape index (κ3) is 3.84. The monoisotopic (exact) mass is 340 g/mol. The second-order valence-electron chi connectivity index (χ2n) is 5.64. The molecule has 2 rings (SSSR count). The maximum absolute atomic E-state index is 11.9. The predicted octanol–water partition coefficient (Wildman–Crippen LogP) is 0.642. The van der Waals surface area contributed by atoms with Crippen molar-refractivity contribution < 1.29 is 9.53 Å². The Morgan fingerprint density at radius 3 is 2.65 bits per heavy atom. The number of esters is 1. The average Bonchev–Trinajstić information content (AvgIpc) is 2.80. The molecule has 126 valence electrons. The van der Waals surface area contributed by atoms with E-state index in [4.69, 9.17) is 4.74 Å². The van der Waals surface area contributed by atoms with Crippen molar-refractivity contribution >= 4 is 28.9 Å². The van der Waals surface area contributed by atoms with E-state index in [9.17, 15) is 14.4 Å². The Kier molecular flexibility index (Phi) is 5.30. The lowest BCUT2D eigenvalue weighted by Crippen LogP contribution is -2.29. The van der Waals surface area contributed by atoms with Crippen LogP contribution in [-0.4, -0.2) is 37.4 Å². The number of nitrogens with zero attached hydrogens (tertiary/aromatic N) is 3. The van der Waals surface area contributed by atoms with Crippen molar-refractivity contribution in [1.82, 2.24) is 19.1 Å². The Hall–Kier alpha value is -2.03. The molecule has 0 radical (unpaired) electrons. The van der Waals surface area contributed by atoms with Crippen LogP contribution < -0.4 is 11.2 Å². The molecule has 1 N–H and O–H groups in total. The number of carbonyl (C=O) groups is 1. The fraction of sp³-hybridized carbons (Fsp3) is 0.571. The number of carbonyl (C=O) groups excluding carboxylic acids is 1. The summed E-state index contributed by atoms with van der Waals surface area (Å²) >= 11 is 1.17. The zero-order chi connectivity index (χ0) is 17.1. The summed E-state index contributed by atoms with van der Waals surface area (Å²) in [6.07, 6.45) is 0.820. The number of rotatable bonds is 6. The first-order valence-corrected chi connectivity index (χ1v) is 8.24. The Morgan fingerprint density at radius 2 is 2.00 bits per heavy atom. The molecule has 2 heterocycles. The second kappa shape index (κ2) is 7.03. The summed E-state index contributed by atoms with van der Waals surface area (Å²) in [5.41, 5.74) is -0.436. The number of hydrogen-bond donors (Lipinski definition) is 1. The largest absolute Gasteiger partial charge is 0.465 e. The van der Waals surface area contributed by atoms with Crippen LogP contribution in [0.1, 0.15) is 20.3 Å². The molecule has 23 heavy (non-hydrogen) atoms. The second-order valence-corrected chi connectivity index (χ2v) is 6.58. The van der Waals surface area contributed by atoms with Crippen LogP contribution in [0.3, 0.4) is 0 Å². The van der Waals surface area contributed by atoms with Crippen molar-refractivity contribution in [3.8, 4) is 0 Å². The van der Waals surface area contributed by atoms with Crippen LogP contribution in [0.25, 0.3) is 11.2 Å². The highest BCUT2D eigenvalue weighted by Gasteiger charge is 2.16. The summed E-state index contributed by atoms with van der Waals surface area (Å²) < 4.78 is 7.97. The van der Waals surface area contributed by atoms with E-state index < -0.39 is 11.2 Å². The molecular weight excluding hydrogens is 320 g/mol. The first-order valence-electron chi connectivity index (χ1n) is 7.25. The van der Waals surface area contributed by atoms with Gasteiger partial charge in [-0.05, 0) is 12.3 Å². The van der Waals surface area contributed by atoms with E-state index in [0.29, 0.717) is 23.2 Å². The number of H-pyrrole nitrogens is 1. The van der Waals surface area contributed by atoms with E-state index in [1.54, 1.807) is 11.6 Å². The Balaban J connectivity index is 2.13. The van der Waals surface area contributed by atoms with Crippen molar-refractivity contribution in [2.75, 3.05) is 12.4 Å². The molecule has 0 aromatic carbocycles. The zero-order valence-corrected chi connectivity index (χ0v) is 14.4. The average molecular weight is 340 g/mol. The summed E-state index contributed by atoms with van der Waals surface area (Å²) in [6, 6.07) is 0. The van der Waals surface area contributed by atoms with Gasteiger partial charge in [-0.15, -0.1) is 0 Å². The van der Waals surface area contributed by atoms with Gasteiger partial charge < -0.3 is 9.30 Å². The molecule has 2 aromatic rings. The number of aromatic amines is 1. The first kappa shape index (κ1) is 17.3. The molecule has 0 aliphatic heterocycles. The predicted molar refractivity (Wildman–Crippen MR) is 87.7 cm³/mol. The summed E-state index contributed by atoms with van der Waals surface area (Å²) in [7, 11) is 3.20. The molecule has 0 fully saturated rings. The molecule has 0 unspecified atom stereocenters. The van der Waals surface area contributed by atoms with Gasteiger partial charge in [0.15, 0.2) is 16.3 Å². The van der Waals surface area contributed by atoms with Gasteiger partial charge >= 0.3 is 11.7 Å². The van der Waals surface area contributed by atoms with E-state index in [2.05, 4.69) is 23.8 Å². The number of nitrogens with one attached hydrogen (secondary N) is 1. The lowest BCUT2D eigenvalue weighted by Gasteiger charge is -2.06. The number of imidazole rings is 1. The highest BCUT2D eigenvalue weighted by Crippen LogP contribution is 2.20. The van der Waals surface area contributed by atoms with Crippen molar-refractivity contribution in [3.63, 3.8) is 0 Å². The molecule has 0 saturated heterocycles. The van der Waals surface area contributed by atoms with Crippen LogP contribution in [0.4, 0.5) is 0 Å². The van der Waals surface area contributed by atoms with Gasteiger partial charge in [0.2, 0.25) is 0 Å². The van der Waals surface area contributed by atoms with E-state index in [1.165, 1.54) is 23.4 Å². The minimum atomic E-state index is -0.523. The zero-order valence-electron chi connectivity index (χ0n) is 13.6. The highest BCUT2D eigenvalue weighted by atomic mass is 32.2. The molecule has 0 saturated carbocycles. The summed E-state index contributed by atoms with van der Waals surface area (Å²) in [5.74, 6) is 0.245. The Labute approximate surface area is 136 Å². The molecule has 0 aliphatic rings. The number of fused-ring (bicyclic) bond motifs is 1. The number of ether oxygens (including phenoxy) is 1. The number of thioether (sulfide) groups is 1. The van der Waals surface area contributed by atoms with Crippen LogP contribution >= 0.6 is 11.8 Å². The van der Waals surface area contributed by atoms with Gasteiger partial charge in [-0.3, -0.25) is 19.1 Å². The summed E-state index contributed by atoms with van der Waals surface area (Å²) in [4.78, 5) is 41.7. The SMILES string of the molecule is CC(C)CCOC(=O)CSc1nc2c(c(=O)[nH]c(=O)n2C)n1C. The maximum atomic E-state index is 11.9. The van der Waals surface area contributed by atoms with E-state index in [-0.39, 0.29) is 17.4 Å². The van der Waals surface area contributed by atoms with Gasteiger partial charge in [-0.2, -0.15) is 0 Å². The van der Waals surface area contributed by atoms with Crippen LogP contribution in [0, 0.1) is 5.92 Å². The van der Waals surface area contributed by atoms with Crippen molar-refractivity contribution in [2.24, 2.45) is 20.0 Å². The molecule has 0 atom stereocenters. The third-order valence-electron chi connectivity index (χ3n) is 3.37. The first-order chi connectivity index (χ1) is 10.8. The van der Waals surface area contributed by atoms with Gasteiger partial charge in [0.25, 0.3) is 5.56 Å². The van der Waals surface area contributed by atoms with Crippen molar-refractivity contribution in [2.45, 2.75) is 25.4 Å². The normalized spacial score (nSPS) is 11.3. The van der Waals surface area contributed by atoms with Crippen LogP contribution in [0.15, 0.2) is 14.7 Å². The molecule has 0 spiro atoms. The molecule has 9 heteroatoms. The van der Waals surface area contributed by atoms with Crippen LogP contribution in [0.5, 0.6) is 0 Å². The fourth-order valence-corrected chi connectivity index (χ4v) is 2.76. The smallest absolute Gasteiger partial charge is 0.329 e. The van der Waals surface area contributed by atoms with Gasteiger partial charge in [0, 0.05) is 14.1 Å². The van der Waals surface area contributed by atoms with Crippen molar-refractivity contribution in [3.05, 3.63) is 20.8 Å². The molecule has 8 nitrogen and oxygen atoms in total. The Bertz CT molecular complexity index is 834. The third-order valence-corrected chi connectivity index (χ3v) is 4.37. The Morgan fingerprint density at radius 1 is 1.30 bits per heavy atom. The number of hydrogen-bond acceptors (Lipinski definition) is 6. The van der Waals surface area contributed by atoms with E-state index >= 15 is 0 Å². The molecular formula is C14H20N4O4S. The number of aromatic nitrogens is 4. The summed E-state index contributed by atoms with van der Waals surface area (Å²) in [5, 5.41) is 0.479. The highest BCUT2D eigenvalue weighted by molar-refractivity contribution is 7.99.